The van der Waals surface area contributed by atoms with Gasteiger partial charge in [0.2, 0.25) is 0 Å². The third-order valence-electron chi connectivity index (χ3n) is 4.86. The first-order valence-electron chi connectivity index (χ1n) is 10.4. The van der Waals surface area contributed by atoms with Crippen molar-refractivity contribution in [2.24, 2.45) is 5.92 Å². The van der Waals surface area contributed by atoms with Gasteiger partial charge in [0.05, 0.1) is 0 Å². The lowest BCUT2D eigenvalue weighted by molar-refractivity contribution is -0.330. The fourth-order valence-corrected chi connectivity index (χ4v) is 3.12. The zero-order valence-corrected chi connectivity index (χ0v) is 18.4. The molecular weight excluding hydrogens is 437 g/mol. The molecule has 2 N–H and O–H groups in total. The molecule has 0 aliphatic heterocycles. The molecule has 0 spiro atoms. The summed E-state index contributed by atoms with van der Waals surface area (Å²) in [6.07, 6.45) is 8.01. The van der Waals surface area contributed by atoms with Crippen LogP contribution in [0.3, 0.4) is 0 Å². The van der Waals surface area contributed by atoms with Crippen LogP contribution in [-0.2, 0) is 14.3 Å². The minimum absolute atomic E-state index is 0.101. The average Bonchev–Trinajstić information content (AvgIpc) is 2.91. The van der Waals surface area contributed by atoms with Crippen molar-refractivity contribution in [2.75, 3.05) is 19.7 Å². The Morgan fingerprint density at radius 3 is 2.58 bits per heavy atom. The quantitative estimate of drug-likeness (QED) is 0.304. The van der Waals surface area contributed by atoms with Crippen molar-refractivity contribution in [1.82, 2.24) is 4.90 Å². The maximum Gasteiger partial charge on any atom is 0.523 e. The normalized spacial score (nSPS) is 21.8. The lowest BCUT2D eigenvalue weighted by atomic mass is 10.0. The molecule has 0 saturated carbocycles. The Morgan fingerprint density at radius 1 is 1.18 bits per heavy atom. The van der Waals surface area contributed by atoms with Crippen LogP contribution >= 0.6 is 0 Å². The van der Waals surface area contributed by atoms with E-state index in [-0.39, 0.29) is 24.2 Å². The number of alkyl halides is 3. The second-order valence-electron chi connectivity index (χ2n) is 7.20. The Bertz CT molecular complexity index is 947. The second-order valence-corrected chi connectivity index (χ2v) is 7.20. The first-order valence-corrected chi connectivity index (χ1v) is 10.4. The molecule has 178 valence electrons. The molecule has 2 atom stereocenters. The van der Waals surface area contributed by atoms with Crippen molar-refractivity contribution >= 4 is 11.8 Å². The van der Waals surface area contributed by atoms with Crippen LogP contribution < -0.4 is 0 Å². The minimum Gasteiger partial charge on any atom is -0.511 e. The lowest BCUT2D eigenvalue weighted by Crippen LogP contribution is -2.35. The number of likely N-dealkylation sites (N-methyl/N-ethyl adjacent to an activating group) is 1. The number of allylic oxidation sites excluding steroid dienone is 7. The molecule has 0 saturated heterocycles. The predicted molar refractivity (Wildman–Crippen MR) is 118 cm³/mol. The predicted octanol–water partition coefficient (Wildman–Crippen LogP) is 4.91. The number of nitrogens with zero attached hydrogens (tertiary/aromatic N) is 1. The highest BCUT2D eigenvalue weighted by atomic mass is 19.4. The summed E-state index contributed by atoms with van der Waals surface area (Å²) in [5.74, 6) is -1.42. The van der Waals surface area contributed by atoms with Crippen molar-refractivity contribution in [1.29, 1.82) is 5.41 Å². The van der Waals surface area contributed by atoms with Crippen molar-refractivity contribution in [3.63, 3.8) is 0 Å². The number of aliphatic hydroxyl groups is 1. The van der Waals surface area contributed by atoms with Gasteiger partial charge in [-0.25, -0.2) is 0 Å². The van der Waals surface area contributed by atoms with E-state index in [1.807, 2.05) is 13.8 Å². The standard InChI is InChI=1S/C24H27F3N2O4/c1-3-29(4-2)22(31)16-32-23(28)20-13-11-18(12-14-21(20)30)15-17-7-5-9-19(10-6-8-17)33-24(25,26)27/h5,7-14,19-20,28,30H,3-4,15-16H2,1-2H3/b9-5?,17-7+,28-23?. The second kappa shape index (κ2) is 12.1. The number of amides is 1. The smallest absolute Gasteiger partial charge is 0.511 e. The fraction of sp³-hybridized carbons (Fsp3) is 0.375. The molecular formula is C24H27F3N2O4. The van der Waals surface area contributed by atoms with Gasteiger partial charge in [-0.1, -0.05) is 36.5 Å². The van der Waals surface area contributed by atoms with Crippen LogP contribution in [0.25, 0.3) is 0 Å². The highest BCUT2D eigenvalue weighted by molar-refractivity contribution is 5.84. The molecule has 6 nitrogen and oxygen atoms in total. The average molecular weight is 464 g/mol. The van der Waals surface area contributed by atoms with E-state index in [2.05, 4.69) is 10.5 Å². The van der Waals surface area contributed by atoms with Gasteiger partial charge in [-0.2, -0.15) is 0 Å². The van der Waals surface area contributed by atoms with Crippen LogP contribution in [0.15, 0.2) is 77.3 Å². The van der Waals surface area contributed by atoms with E-state index in [1.54, 1.807) is 35.3 Å². The molecule has 0 aromatic carbocycles. The molecule has 0 radical (unpaired) electrons. The molecule has 2 aliphatic rings. The zero-order chi connectivity index (χ0) is 24.4. The number of carbonyl (C=O) groups excluding carboxylic acids is 1. The van der Waals surface area contributed by atoms with E-state index in [1.165, 1.54) is 24.3 Å². The van der Waals surface area contributed by atoms with Crippen LogP contribution in [0.4, 0.5) is 13.2 Å². The summed E-state index contributed by atoms with van der Waals surface area (Å²) in [4.78, 5) is 13.7. The Hall–Kier alpha value is -3.29. The summed E-state index contributed by atoms with van der Waals surface area (Å²) < 4.78 is 46.3. The molecule has 1 amide bonds. The molecule has 2 aliphatic carbocycles. The summed E-state index contributed by atoms with van der Waals surface area (Å²) in [6, 6.07) is 0. The Kier molecular flexibility index (Phi) is 9.51. The number of halogens is 3. The molecule has 0 fully saturated rings. The summed E-state index contributed by atoms with van der Waals surface area (Å²) >= 11 is 0. The third kappa shape index (κ3) is 8.63. The van der Waals surface area contributed by atoms with Crippen LogP contribution in [0.1, 0.15) is 20.3 Å². The van der Waals surface area contributed by atoms with E-state index in [0.717, 1.165) is 11.1 Å². The molecule has 33 heavy (non-hydrogen) atoms. The maximum absolute atomic E-state index is 12.4. The molecule has 2 unspecified atom stereocenters. The van der Waals surface area contributed by atoms with Gasteiger partial charge in [-0.05, 0) is 49.6 Å². The van der Waals surface area contributed by atoms with E-state index >= 15 is 0 Å². The topological polar surface area (TPSA) is 82.9 Å². The van der Waals surface area contributed by atoms with Gasteiger partial charge < -0.3 is 14.7 Å². The van der Waals surface area contributed by atoms with Crippen LogP contribution in [0, 0.1) is 11.3 Å². The van der Waals surface area contributed by atoms with Crippen LogP contribution in [-0.4, -0.2) is 54.0 Å². The van der Waals surface area contributed by atoms with Gasteiger partial charge in [-0.3, -0.25) is 14.9 Å². The van der Waals surface area contributed by atoms with Gasteiger partial charge in [0.1, 0.15) is 17.8 Å². The van der Waals surface area contributed by atoms with Crippen molar-refractivity contribution in [2.45, 2.75) is 32.7 Å². The highest BCUT2D eigenvalue weighted by Gasteiger charge is 2.31. The first kappa shape index (κ1) is 26.0. The monoisotopic (exact) mass is 464 g/mol. The van der Waals surface area contributed by atoms with E-state index in [0.29, 0.717) is 19.5 Å². The summed E-state index contributed by atoms with van der Waals surface area (Å²) in [5, 5.41) is 18.4. The van der Waals surface area contributed by atoms with Gasteiger partial charge >= 0.3 is 6.36 Å². The fourth-order valence-electron chi connectivity index (χ4n) is 3.12. The summed E-state index contributed by atoms with van der Waals surface area (Å²) in [5.41, 5.74) is 4.26. The van der Waals surface area contributed by atoms with Crippen molar-refractivity contribution in [3.05, 3.63) is 77.3 Å². The first-order chi connectivity index (χ1) is 15.6. The van der Waals surface area contributed by atoms with Gasteiger partial charge in [0.25, 0.3) is 5.91 Å². The van der Waals surface area contributed by atoms with Gasteiger partial charge in [0, 0.05) is 13.1 Å². The molecule has 0 heterocycles. The zero-order valence-electron chi connectivity index (χ0n) is 18.4. The van der Waals surface area contributed by atoms with E-state index in [4.69, 9.17) is 10.1 Å². The number of aliphatic hydroxyl groups excluding tert-OH is 1. The van der Waals surface area contributed by atoms with Crippen LogP contribution in [0.2, 0.25) is 0 Å². The van der Waals surface area contributed by atoms with Gasteiger partial charge in [0.15, 0.2) is 12.5 Å². The minimum atomic E-state index is -4.74. The van der Waals surface area contributed by atoms with Gasteiger partial charge in [-0.15, -0.1) is 18.9 Å². The number of hydrogen-bond acceptors (Lipinski definition) is 5. The number of rotatable bonds is 8. The number of ether oxygens (including phenoxy) is 2. The Morgan fingerprint density at radius 2 is 1.91 bits per heavy atom. The highest BCUT2D eigenvalue weighted by Crippen LogP contribution is 2.24. The molecule has 2 rings (SSSR count). The summed E-state index contributed by atoms with van der Waals surface area (Å²) in [7, 11) is 0. The van der Waals surface area contributed by atoms with E-state index in [9.17, 15) is 23.1 Å². The van der Waals surface area contributed by atoms with Crippen molar-refractivity contribution in [3.8, 4) is 0 Å². The van der Waals surface area contributed by atoms with E-state index < -0.39 is 18.4 Å². The Labute approximate surface area is 190 Å². The maximum atomic E-state index is 12.4. The number of carbonyl (C=O) groups is 1. The number of nitrogens with one attached hydrogen (secondary N) is 1. The molecule has 0 aromatic rings. The lowest BCUT2D eigenvalue weighted by Gasteiger charge is -2.20. The number of hydrogen-bond donors (Lipinski definition) is 2. The molecule has 0 aromatic heterocycles. The third-order valence-corrected chi connectivity index (χ3v) is 4.86. The van der Waals surface area contributed by atoms with Crippen LogP contribution in [0.5, 0.6) is 0 Å². The SMILES string of the molecule is CCN(CC)C(=O)COC(=N)C1C=CC(C/C2=C/C=CC(OC(F)(F)F)C=C=C2)=CC=C1O. The summed E-state index contributed by atoms with van der Waals surface area (Å²) in [6.45, 7) is 4.50. The van der Waals surface area contributed by atoms with Crippen molar-refractivity contribution < 1.29 is 32.5 Å². The molecule has 0 bridgehead atoms. The Balaban J connectivity index is 1.99. The molecule has 9 heteroatoms. The largest absolute Gasteiger partial charge is 0.523 e.